The minimum absolute atomic E-state index is 0.00213. The number of carbonyl (C=O) groups excluding carboxylic acids is 7. The molecule has 4 amide bonds. The second kappa shape index (κ2) is 24.1. The van der Waals surface area contributed by atoms with Crippen molar-refractivity contribution >= 4 is 53.6 Å². The maximum atomic E-state index is 13.7. The lowest BCUT2D eigenvalue weighted by atomic mass is 9.90. The normalized spacial score (nSPS) is 12.7. The van der Waals surface area contributed by atoms with Gasteiger partial charge in [0.1, 0.15) is 34.5 Å². The van der Waals surface area contributed by atoms with Crippen molar-refractivity contribution in [2.45, 2.75) is 124 Å². The van der Waals surface area contributed by atoms with Crippen LogP contribution in [-0.4, -0.2) is 90.8 Å². The van der Waals surface area contributed by atoms with Crippen molar-refractivity contribution in [2.24, 2.45) is 5.92 Å². The molecule has 0 aliphatic carbocycles. The Labute approximate surface area is 379 Å². The molecule has 1 aromatic heterocycles. The maximum absolute atomic E-state index is 13.7. The quantitative estimate of drug-likeness (QED) is 0.0283. The topological polar surface area (TPSA) is 218 Å². The van der Waals surface area contributed by atoms with Crippen LogP contribution in [0.25, 0.3) is 11.3 Å². The van der Waals surface area contributed by atoms with Gasteiger partial charge in [-0.05, 0) is 104 Å². The summed E-state index contributed by atoms with van der Waals surface area (Å²) in [6.45, 7) is 15.4. The summed E-state index contributed by atoms with van der Waals surface area (Å²) >= 11 is 6.26. The number of unbranched alkanes of at least 4 members (excludes halogenated alkanes) is 2. The molecule has 0 radical (unpaired) electrons. The standard InChI is InChI=1S/C46H61ClN4O13/c1-11-14-15-16-31(35(12-2)51(27-52)64-43(57)30-20-18-29(59-10)24-33(30)47)40(54)48-26-49-42(56)37-22-21-36(61-37)28-17-19-32(38(23-28)60-13-3)41(55)50-34(44(58)63-46(7,8)9)25-39(53)62-45(4,5)6/h17-24,27,31,34-35H,11-16,25-26H2,1-10H3,(H,48,54)(H,49,56)(H,50,55)/t31-,34+,35-/m1/s1. The molecule has 18 heteroatoms. The highest BCUT2D eigenvalue weighted by molar-refractivity contribution is 6.33. The summed E-state index contributed by atoms with van der Waals surface area (Å²) in [6.07, 6.45) is 2.81. The highest BCUT2D eigenvalue weighted by Crippen LogP contribution is 2.30. The Bertz CT molecular complexity index is 2110. The molecular weight excluding hydrogens is 852 g/mol. The molecule has 0 aliphatic rings. The van der Waals surface area contributed by atoms with E-state index in [9.17, 15) is 33.6 Å². The largest absolute Gasteiger partial charge is 0.497 e. The fourth-order valence-electron chi connectivity index (χ4n) is 6.39. The number of nitrogens with zero attached hydrogens (tertiary/aromatic N) is 1. The molecule has 64 heavy (non-hydrogen) atoms. The van der Waals surface area contributed by atoms with Gasteiger partial charge in [0.2, 0.25) is 12.3 Å². The smallest absolute Gasteiger partial charge is 0.364 e. The summed E-state index contributed by atoms with van der Waals surface area (Å²) in [5, 5.41) is 8.77. The van der Waals surface area contributed by atoms with E-state index in [0.717, 1.165) is 17.9 Å². The van der Waals surface area contributed by atoms with Gasteiger partial charge >= 0.3 is 17.9 Å². The fourth-order valence-corrected chi connectivity index (χ4v) is 6.64. The van der Waals surface area contributed by atoms with Gasteiger partial charge in [-0.1, -0.05) is 50.8 Å². The summed E-state index contributed by atoms with van der Waals surface area (Å²) in [4.78, 5) is 97.1. The summed E-state index contributed by atoms with van der Waals surface area (Å²) in [5.41, 5.74) is -1.23. The van der Waals surface area contributed by atoms with Gasteiger partial charge < -0.3 is 44.2 Å². The molecular formula is C46H61ClN4O13. The van der Waals surface area contributed by atoms with Crippen molar-refractivity contribution in [3.63, 3.8) is 0 Å². The van der Waals surface area contributed by atoms with E-state index in [1.165, 1.54) is 43.5 Å². The lowest BCUT2D eigenvalue weighted by Crippen LogP contribution is -2.49. The first-order valence-electron chi connectivity index (χ1n) is 21.1. The van der Waals surface area contributed by atoms with Crippen molar-refractivity contribution in [1.82, 2.24) is 21.0 Å². The van der Waals surface area contributed by atoms with Crippen LogP contribution in [0.5, 0.6) is 11.5 Å². The average Bonchev–Trinajstić information content (AvgIpc) is 3.72. The number of furan rings is 1. The number of rotatable bonds is 23. The second-order valence-corrected chi connectivity index (χ2v) is 17.1. The number of nitrogens with one attached hydrogen (secondary N) is 3. The monoisotopic (exact) mass is 912 g/mol. The Morgan fingerprint density at radius 1 is 0.844 bits per heavy atom. The number of amides is 4. The molecule has 0 bridgehead atoms. The molecule has 2 aromatic carbocycles. The van der Waals surface area contributed by atoms with E-state index >= 15 is 0 Å². The Balaban J connectivity index is 1.74. The Hall–Kier alpha value is -6.10. The molecule has 3 aromatic rings. The Morgan fingerprint density at radius 2 is 1.53 bits per heavy atom. The summed E-state index contributed by atoms with van der Waals surface area (Å²) in [7, 11) is 1.45. The first-order chi connectivity index (χ1) is 30.1. The van der Waals surface area contributed by atoms with Crippen molar-refractivity contribution in [2.75, 3.05) is 20.4 Å². The van der Waals surface area contributed by atoms with Gasteiger partial charge in [-0.2, -0.15) is 5.06 Å². The van der Waals surface area contributed by atoms with Crippen LogP contribution in [-0.2, 0) is 33.5 Å². The number of hydrogen-bond donors (Lipinski definition) is 3. The van der Waals surface area contributed by atoms with E-state index < -0.39 is 71.3 Å². The van der Waals surface area contributed by atoms with E-state index in [1.54, 1.807) is 67.5 Å². The highest BCUT2D eigenvalue weighted by atomic mass is 35.5. The molecule has 3 rings (SSSR count). The number of hydrogen-bond acceptors (Lipinski definition) is 13. The third-order valence-electron chi connectivity index (χ3n) is 9.29. The van der Waals surface area contributed by atoms with Crippen LogP contribution in [0.2, 0.25) is 5.02 Å². The molecule has 3 N–H and O–H groups in total. The van der Waals surface area contributed by atoms with Crippen molar-refractivity contribution in [1.29, 1.82) is 0 Å². The summed E-state index contributed by atoms with van der Waals surface area (Å²) < 4.78 is 27.6. The molecule has 0 saturated heterocycles. The number of halogens is 1. The van der Waals surface area contributed by atoms with Gasteiger partial charge in [0.15, 0.2) is 5.76 Å². The molecule has 17 nitrogen and oxygen atoms in total. The Morgan fingerprint density at radius 3 is 2.12 bits per heavy atom. The van der Waals surface area contributed by atoms with Gasteiger partial charge in [0.25, 0.3) is 11.8 Å². The molecule has 350 valence electrons. The number of benzene rings is 2. The first-order valence-corrected chi connectivity index (χ1v) is 21.5. The average molecular weight is 913 g/mol. The highest BCUT2D eigenvalue weighted by Gasteiger charge is 2.35. The number of methoxy groups -OCH3 is 1. The van der Waals surface area contributed by atoms with Crippen LogP contribution in [0.15, 0.2) is 52.9 Å². The lowest BCUT2D eigenvalue weighted by molar-refractivity contribution is -0.171. The fraction of sp³-hybridized carbons (Fsp3) is 0.500. The van der Waals surface area contributed by atoms with Crippen LogP contribution in [0.4, 0.5) is 0 Å². The molecule has 1 heterocycles. The van der Waals surface area contributed by atoms with Gasteiger partial charge in [0, 0.05) is 5.56 Å². The van der Waals surface area contributed by atoms with Gasteiger partial charge in [0.05, 0.1) is 54.9 Å². The van der Waals surface area contributed by atoms with E-state index in [-0.39, 0.29) is 53.1 Å². The van der Waals surface area contributed by atoms with Gasteiger partial charge in [-0.15, -0.1) is 0 Å². The van der Waals surface area contributed by atoms with Crippen molar-refractivity contribution in [3.8, 4) is 22.8 Å². The van der Waals surface area contributed by atoms with Gasteiger partial charge in [-0.25, -0.2) is 9.59 Å². The second-order valence-electron chi connectivity index (χ2n) is 16.6. The third-order valence-corrected chi connectivity index (χ3v) is 9.61. The van der Waals surface area contributed by atoms with E-state index in [4.69, 9.17) is 39.8 Å². The van der Waals surface area contributed by atoms with Gasteiger partial charge in [-0.3, -0.25) is 24.0 Å². The van der Waals surface area contributed by atoms with Crippen LogP contribution >= 0.6 is 11.6 Å². The number of carbonyl (C=O) groups is 7. The van der Waals surface area contributed by atoms with Crippen LogP contribution in [0, 0.1) is 5.92 Å². The van der Waals surface area contributed by atoms with Crippen LogP contribution in [0.1, 0.15) is 132 Å². The van der Waals surface area contributed by atoms with Crippen LogP contribution in [0.3, 0.4) is 0 Å². The lowest BCUT2D eigenvalue weighted by Gasteiger charge is -2.31. The zero-order valence-corrected chi connectivity index (χ0v) is 39.0. The van der Waals surface area contributed by atoms with Crippen molar-refractivity contribution in [3.05, 3.63) is 70.4 Å². The SMILES string of the molecule is CCCCC[C@@H](C(=O)NCNC(=O)c1ccc(-c2ccc(C(=O)N[C@@H](CC(=O)OC(C)(C)C)C(=O)OC(C)(C)C)c(OCC)c2)o1)[C@@H](CC)N(C=O)OC(=O)c1ccc(OC)cc1Cl. The maximum Gasteiger partial charge on any atom is 0.364 e. The zero-order chi connectivity index (χ0) is 47.8. The molecule has 0 fully saturated rings. The van der Waals surface area contributed by atoms with E-state index in [2.05, 4.69) is 16.0 Å². The molecule has 3 atom stereocenters. The van der Waals surface area contributed by atoms with Crippen LogP contribution < -0.4 is 25.4 Å². The van der Waals surface area contributed by atoms with Crippen molar-refractivity contribution < 1.29 is 61.8 Å². The molecule has 0 saturated carbocycles. The molecule has 0 unspecified atom stereocenters. The third kappa shape index (κ3) is 15.9. The predicted molar refractivity (Wildman–Crippen MR) is 236 cm³/mol. The predicted octanol–water partition coefficient (Wildman–Crippen LogP) is 7.19. The van der Waals surface area contributed by atoms with E-state index in [1.807, 2.05) is 6.92 Å². The minimum Gasteiger partial charge on any atom is -0.497 e. The number of hydroxylamine groups is 2. The summed E-state index contributed by atoms with van der Waals surface area (Å²) in [5.74, 6) is -4.37. The minimum atomic E-state index is -1.37. The number of esters is 2. The Kier molecular flexibility index (Phi) is 19.7. The van der Waals surface area contributed by atoms with E-state index in [0.29, 0.717) is 30.6 Å². The number of ether oxygens (including phenoxy) is 4. The first kappa shape index (κ1) is 52.2. The zero-order valence-electron chi connectivity index (χ0n) is 38.2. The summed E-state index contributed by atoms with van der Waals surface area (Å²) in [6, 6.07) is 9.66. The molecule has 0 aliphatic heterocycles. The molecule has 0 spiro atoms.